The number of carboxylic acids is 1. The van der Waals surface area contributed by atoms with Crippen molar-refractivity contribution in [3.63, 3.8) is 0 Å². The van der Waals surface area contributed by atoms with Gasteiger partial charge in [0.1, 0.15) is 5.69 Å². The van der Waals surface area contributed by atoms with Gasteiger partial charge in [0.2, 0.25) is 0 Å². The van der Waals surface area contributed by atoms with Gasteiger partial charge in [-0.25, -0.2) is 14.4 Å². The Balaban J connectivity index is 0.000000145. The van der Waals surface area contributed by atoms with Crippen molar-refractivity contribution in [3.8, 4) is 33.8 Å². The van der Waals surface area contributed by atoms with Crippen LogP contribution in [0.3, 0.4) is 0 Å². The maximum Gasteiger partial charge on any atom is 0.339 e. The normalized spacial score (nSPS) is 15.2. The van der Waals surface area contributed by atoms with Crippen LogP contribution in [0.25, 0.3) is 33.8 Å². The maximum absolute atomic E-state index is 12.2. The number of aromatic nitrogens is 9. The molecule has 12 rings (SSSR count). The number of hydrogen-bond donors (Lipinski definition) is 2. The Morgan fingerprint density at radius 2 is 0.828 bits per heavy atom. The molecule has 3 saturated heterocycles. The molecule has 0 unspecified atom stereocenters. The summed E-state index contributed by atoms with van der Waals surface area (Å²) in [7, 11) is 9.24. The van der Waals surface area contributed by atoms with Crippen LogP contribution in [0.15, 0.2) is 165 Å². The number of carboxylic acid groups (broad SMARTS) is 1. The Morgan fingerprint density at radius 3 is 1.23 bits per heavy atom. The first-order valence-electron chi connectivity index (χ1n) is 29.3. The van der Waals surface area contributed by atoms with Crippen LogP contribution in [-0.4, -0.2) is 157 Å². The molecule has 0 amide bonds. The molecule has 0 atom stereocenters. The second kappa shape index (κ2) is 30.8. The van der Waals surface area contributed by atoms with Crippen molar-refractivity contribution in [1.29, 1.82) is 0 Å². The van der Waals surface area contributed by atoms with E-state index in [-0.39, 0.29) is 11.9 Å². The van der Waals surface area contributed by atoms with Gasteiger partial charge in [-0.15, -0.1) is 0 Å². The number of benzene rings is 3. The van der Waals surface area contributed by atoms with E-state index in [4.69, 9.17) is 25.8 Å². The first-order valence-corrected chi connectivity index (χ1v) is 30.4. The molecule has 87 heavy (non-hydrogen) atoms. The van der Waals surface area contributed by atoms with E-state index in [0.717, 1.165) is 138 Å². The maximum atomic E-state index is 12.2. The zero-order valence-electron chi connectivity index (χ0n) is 50.0. The zero-order chi connectivity index (χ0) is 61.2. The summed E-state index contributed by atoms with van der Waals surface area (Å²) in [5.41, 5.74) is 18.0. The minimum Gasteiger partial charge on any atom is -0.478 e. The molecule has 19 nitrogen and oxygen atoms in total. The minimum atomic E-state index is -0.929. The molecular weight excluding hydrogens is 1210 g/mol. The average molecular weight is 1290 g/mol. The van der Waals surface area contributed by atoms with E-state index < -0.39 is 5.97 Å². The Bertz CT molecular complexity index is 3670. The highest BCUT2D eigenvalue weighted by molar-refractivity contribution is 14.1. The van der Waals surface area contributed by atoms with Gasteiger partial charge in [0.15, 0.2) is 0 Å². The first kappa shape index (κ1) is 63.1. The summed E-state index contributed by atoms with van der Waals surface area (Å²) in [6.07, 6.45) is 23.6. The van der Waals surface area contributed by atoms with Gasteiger partial charge < -0.3 is 35.0 Å². The van der Waals surface area contributed by atoms with Gasteiger partial charge in [-0.2, -0.15) is 15.3 Å². The molecule has 3 N–H and O–H groups in total. The highest BCUT2D eigenvalue weighted by Crippen LogP contribution is 2.33. The fourth-order valence-corrected chi connectivity index (χ4v) is 11.6. The lowest BCUT2D eigenvalue weighted by Gasteiger charge is -2.29. The minimum absolute atomic E-state index is 0.293. The molecule has 0 spiro atoms. The number of nitrogen functional groups attached to an aromatic ring is 1. The predicted octanol–water partition coefficient (Wildman–Crippen LogP) is 11.0. The van der Waals surface area contributed by atoms with Crippen molar-refractivity contribution in [2.24, 2.45) is 0 Å². The van der Waals surface area contributed by atoms with E-state index in [1.807, 2.05) is 95.5 Å². The van der Waals surface area contributed by atoms with Crippen LogP contribution in [-0.2, 0) is 22.3 Å². The van der Waals surface area contributed by atoms with Crippen LogP contribution in [0.1, 0.15) is 110 Å². The molecule has 0 aliphatic carbocycles. The Kier molecular flexibility index (Phi) is 22.3. The molecular formula is C67H76IN13O6. The van der Waals surface area contributed by atoms with Gasteiger partial charge in [-0.1, -0.05) is 91.0 Å². The Hall–Kier alpha value is -8.44. The van der Waals surface area contributed by atoms with Crippen molar-refractivity contribution >= 4 is 46.2 Å². The van der Waals surface area contributed by atoms with Crippen molar-refractivity contribution in [2.75, 3.05) is 80.4 Å². The van der Waals surface area contributed by atoms with Crippen molar-refractivity contribution in [1.82, 2.24) is 59.0 Å². The number of nitrogens with two attached hydrogens (primary N) is 1. The van der Waals surface area contributed by atoms with Gasteiger partial charge in [-0.05, 0) is 151 Å². The molecule has 0 saturated carbocycles. The van der Waals surface area contributed by atoms with Crippen LogP contribution in [0.5, 0.6) is 0 Å². The van der Waals surface area contributed by atoms with E-state index in [1.165, 1.54) is 20.4 Å². The molecule has 3 aromatic carbocycles. The van der Waals surface area contributed by atoms with Gasteiger partial charge in [-0.3, -0.25) is 29.0 Å². The number of rotatable bonds is 13. The van der Waals surface area contributed by atoms with E-state index >= 15 is 0 Å². The molecule has 3 aliphatic heterocycles. The molecule has 0 bridgehead atoms. The van der Waals surface area contributed by atoms with Crippen LogP contribution >= 0.6 is 22.6 Å². The van der Waals surface area contributed by atoms with Crippen LogP contribution in [0, 0.1) is 3.57 Å². The van der Waals surface area contributed by atoms with Crippen molar-refractivity contribution in [2.45, 2.75) is 69.5 Å². The number of carbonyl (C=O) groups excluding carboxylic acids is 2. The number of piperidine rings is 3. The lowest BCUT2D eigenvalue weighted by atomic mass is 9.99. The smallest absolute Gasteiger partial charge is 0.339 e. The third-order valence-corrected chi connectivity index (χ3v) is 16.9. The Morgan fingerprint density at radius 1 is 0.483 bits per heavy atom. The van der Waals surface area contributed by atoms with Crippen LogP contribution < -0.4 is 5.73 Å². The number of pyridine rings is 3. The molecule has 3 fully saturated rings. The number of halogens is 1. The number of hydrogen-bond acceptors (Lipinski definition) is 15. The third-order valence-electron chi connectivity index (χ3n) is 16.1. The van der Waals surface area contributed by atoms with E-state index in [2.05, 4.69) is 106 Å². The second-order valence-electron chi connectivity index (χ2n) is 22.1. The van der Waals surface area contributed by atoms with E-state index in [1.54, 1.807) is 49.2 Å². The molecule has 9 aromatic rings. The topological polar surface area (TPSA) is 218 Å². The summed E-state index contributed by atoms with van der Waals surface area (Å²) < 4.78 is 16.6. The summed E-state index contributed by atoms with van der Waals surface area (Å²) in [6, 6.07) is 36.6. The molecule has 452 valence electrons. The van der Waals surface area contributed by atoms with Crippen LogP contribution in [0.2, 0.25) is 0 Å². The number of nitrogens with zero attached hydrogens (tertiary/aromatic N) is 12. The number of likely N-dealkylation sites (tertiary alicyclic amines) is 3. The third kappa shape index (κ3) is 16.8. The average Bonchev–Trinajstić information content (AvgIpc) is 3.76. The highest BCUT2D eigenvalue weighted by Gasteiger charge is 2.26. The van der Waals surface area contributed by atoms with E-state index in [0.29, 0.717) is 53.2 Å². The van der Waals surface area contributed by atoms with Gasteiger partial charge in [0.05, 0.1) is 66.1 Å². The standard InChI is InChI=1S/C23H26N4O2.C22H24N4O2.C15H20N4.C7H6INO2/c1-26-12-9-20(10-13-26)27-16-19(22(25-27)17-6-4-3-5-7-17)14-18-15-24-11-8-21(18)23(28)29-2;1-25-11-8-19(9-12-25)26-15-18(21(24-26)16-5-3-2-4-6-16)13-17-14-23-10-7-20(17)22(27)28;1-18-9-7-13(8-10-18)19-11-14(16)15(17-19)12-5-3-2-4-6-12;1-11-7(10)5-2-3-9-4-6(5)8/h3-8,11,15-16,20H,9-10,12-14H2,1-2H3;2-7,10,14-15,19H,8-9,11-13H2,1H3,(H,27,28);2-6,11,13H,7-10,16H2,1H3;2-4H,1H3. The van der Waals surface area contributed by atoms with Crippen molar-refractivity contribution in [3.05, 3.63) is 207 Å². The highest BCUT2D eigenvalue weighted by atomic mass is 127. The lowest BCUT2D eigenvalue weighted by molar-refractivity contribution is 0.0590. The predicted molar refractivity (Wildman–Crippen MR) is 345 cm³/mol. The zero-order valence-corrected chi connectivity index (χ0v) is 52.2. The number of carbonyl (C=O) groups is 3. The molecule has 20 heteroatoms. The van der Waals surface area contributed by atoms with Gasteiger partial charge in [0, 0.05) is 100 Å². The van der Waals surface area contributed by atoms with E-state index in [9.17, 15) is 19.5 Å². The largest absolute Gasteiger partial charge is 0.478 e. The fourth-order valence-electron chi connectivity index (χ4n) is 11.1. The second-order valence-corrected chi connectivity index (χ2v) is 23.3. The van der Waals surface area contributed by atoms with Crippen LogP contribution in [0.4, 0.5) is 5.69 Å². The fraction of sp³-hybridized carbons (Fsp3) is 0.328. The monoisotopic (exact) mass is 1290 g/mol. The first-order chi connectivity index (χ1) is 42.3. The lowest BCUT2D eigenvalue weighted by Crippen LogP contribution is -2.31. The summed E-state index contributed by atoms with van der Waals surface area (Å²) in [5, 5.41) is 24.1. The molecule has 9 heterocycles. The van der Waals surface area contributed by atoms with Gasteiger partial charge >= 0.3 is 17.9 Å². The number of esters is 2. The number of anilines is 1. The SMILES string of the molecule is CN1CCC(n2cc(Cc3cnccc3C(=O)O)c(-c3ccccc3)n2)CC1.CN1CCC(n2cc(N)c(-c3ccccc3)n2)CC1.COC(=O)c1ccncc1Cc1cn(C2CCN(C)CC2)nc1-c1ccccc1.COC(=O)c1ccncc1I. The number of aromatic carboxylic acids is 1. The Labute approximate surface area is 522 Å². The summed E-state index contributed by atoms with van der Waals surface area (Å²) in [6.45, 7) is 6.54. The molecule has 6 aromatic heterocycles. The summed E-state index contributed by atoms with van der Waals surface area (Å²) in [5.74, 6) is -1.59. The molecule has 0 radical (unpaired) electrons. The number of methoxy groups -OCH3 is 2. The van der Waals surface area contributed by atoms with Crippen molar-refractivity contribution < 1.29 is 29.0 Å². The number of ether oxygens (including phenoxy) is 2. The van der Waals surface area contributed by atoms with Gasteiger partial charge in [0.25, 0.3) is 0 Å². The quantitative estimate of drug-likeness (QED) is 0.0810. The summed E-state index contributed by atoms with van der Waals surface area (Å²) >= 11 is 2.04. The summed E-state index contributed by atoms with van der Waals surface area (Å²) in [4.78, 5) is 54.0. The molecule has 3 aliphatic rings.